The molecular weight excluding hydrogens is 162 g/mol. The van der Waals surface area contributed by atoms with Crippen LogP contribution in [0.5, 0.6) is 0 Å². The molecule has 1 N–H and O–H groups in total. The van der Waals surface area contributed by atoms with Gasteiger partial charge in [-0.3, -0.25) is 0 Å². The van der Waals surface area contributed by atoms with Crippen LogP contribution in [0.25, 0.3) is 0 Å². The van der Waals surface area contributed by atoms with Crippen molar-refractivity contribution in [2.75, 3.05) is 26.2 Å². The van der Waals surface area contributed by atoms with Crippen LogP contribution in [0, 0.1) is 17.8 Å². The fourth-order valence-electron chi connectivity index (χ4n) is 3.31. The number of aliphatic hydroxyl groups excluding tert-OH is 1. The van der Waals surface area contributed by atoms with Crippen molar-refractivity contribution >= 4 is 0 Å². The highest BCUT2D eigenvalue weighted by Gasteiger charge is 2.40. The zero-order chi connectivity index (χ0) is 9.26. The van der Waals surface area contributed by atoms with Gasteiger partial charge in [-0.05, 0) is 43.6 Å². The van der Waals surface area contributed by atoms with E-state index in [4.69, 9.17) is 5.11 Å². The predicted molar refractivity (Wildman–Crippen MR) is 53.5 cm³/mol. The summed E-state index contributed by atoms with van der Waals surface area (Å²) < 4.78 is 0. The number of aliphatic hydroxyl groups is 1. The Hall–Kier alpha value is -0.0800. The molecule has 0 aromatic heterocycles. The quantitative estimate of drug-likeness (QED) is 0.714. The first-order valence-corrected chi connectivity index (χ1v) is 5.68. The Labute approximate surface area is 80.9 Å². The standard InChI is InChI=1S/C11H21NO/c1-2-12-7-9-3-4-10(8-12)11(9)5-6-13/h9-11,13H,2-8H2,1H3. The van der Waals surface area contributed by atoms with Gasteiger partial charge in [0.05, 0.1) is 0 Å². The lowest BCUT2D eigenvalue weighted by Gasteiger charge is -2.37. The van der Waals surface area contributed by atoms with Gasteiger partial charge in [-0.25, -0.2) is 0 Å². The number of piperidine rings is 1. The predicted octanol–water partition coefficient (Wildman–Crippen LogP) is 1.35. The summed E-state index contributed by atoms with van der Waals surface area (Å²) in [7, 11) is 0. The van der Waals surface area contributed by atoms with E-state index in [2.05, 4.69) is 11.8 Å². The van der Waals surface area contributed by atoms with E-state index in [9.17, 15) is 0 Å². The highest BCUT2D eigenvalue weighted by Crippen LogP contribution is 2.43. The first kappa shape index (κ1) is 9.47. The monoisotopic (exact) mass is 183 g/mol. The van der Waals surface area contributed by atoms with Gasteiger partial charge in [-0.2, -0.15) is 0 Å². The zero-order valence-electron chi connectivity index (χ0n) is 8.58. The Morgan fingerprint density at radius 2 is 1.85 bits per heavy atom. The van der Waals surface area contributed by atoms with Crippen LogP contribution >= 0.6 is 0 Å². The largest absolute Gasteiger partial charge is 0.396 e. The molecule has 1 aliphatic heterocycles. The summed E-state index contributed by atoms with van der Waals surface area (Å²) in [5, 5.41) is 8.99. The molecule has 2 heteroatoms. The summed E-state index contributed by atoms with van der Waals surface area (Å²) in [5.74, 6) is 2.63. The molecule has 76 valence electrons. The van der Waals surface area contributed by atoms with E-state index in [0.29, 0.717) is 6.61 Å². The van der Waals surface area contributed by atoms with Gasteiger partial charge in [-0.15, -0.1) is 0 Å². The average molecular weight is 183 g/mol. The second-order valence-corrected chi connectivity index (χ2v) is 4.63. The smallest absolute Gasteiger partial charge is 0.0433 e. The number of fused-ring (bicyclic) bond motifs is 2. The lowest BCUT2D eigenvalue weighted by atomic mass is 9.83. The van der Waals surface area contributed by atoms with Crippen molar-refractivity contribution in [3.05, 3.63) is 0 Å². The van der Waals surface area contributed by atoms with Crippen LogP contribution < -0.4 is 0 Å². The molecule has 2 unspecified atom stereocenters. The summed E-state index contributed by atoms with van der Waals surface area (Å²) in [5.41, 5.74) is 0. The van der Waals surface area contributed by atoms with E-state index in [1.54, 1.807) is 0 Å². The average Bonchev–Trinajstić information content (AvgIpc) is 2.39. The Morgan fingerprint density at radius 3 is 2.31 bits per heavy atom. The van der Waals surface area contributed by atoms with Crippen LogP contribution in [-0.2, 0) is 0 Å². The highest BCUT2D eigenvalue weighted by molar-refractivity contribution is 4.92. The molecule has 13 heavy (non-hydrogen) atoms. The topological polar surface area (TPSA) is 23.5 Å². The number of hydrogen-bond acceptors (Lipinski definition) is 2. The van der Waals surface area contributed by atoms with Crippen LogP contribution in [0.15, 0.2) is 0 Å². The van der Waals surface area contributed by atoms with E-state index < -0.39 is 0 Å². The van der Waals surface area contributed by atoms with Crippen molar-refractivity contribution < 1.29 is 5.11 Å². The van der Waals surface area contributed by atoms with Crippen LogP contribution in [-0.4, -0.2) is 36.2 Å². The van der Waals surface area contributed by atoms with Gasteiger partial charge in [0.15, 0.2) is 0 Å². The summed E-state index contributed by atoms with van der Waals surface area (Å²) in [6.07, 6.45) is 3.87. The van der Waals surface area contributed by atoms with Crippen LogP contribution in [0.3, 0.4) is 0 Å². The number of rotatable bonds is 3. The molecule has 0 aromatic rings. The normalized spacial score (nSPS) is 39.7. The third-order valence-electron chi connectivity index (χ3n) is 4.01. The van der Waals surface area contributed by atoms with Gasteiger partial charge in [0.25, 0.3) is 0 Å². The molecule has 2 atom stereocenters. The summed E-state index contributed by atoms with van der Waals surface area (Å²) >= 11 is 0. The van der Waals surface area contributed by atoms with Crippen LogP contribution in [0.1, 0.15) is 26.2 Å². The minimum Gasteiger partial charge on any atom is -0.396 e. The maximum Gasteiger partial charge on any atom is 0.0433 e. The van der Waals surface area contributed by atoms with E-state index in [1.807, 2.05) is 0 Å². The number of hydrogen-bond donors (Lipinski definition) is 1. The molecule has 0 spiro atoms. The van der Waals surface area contributed by atoms with E-state index in [-0.39, 0.29) is 0 Å². The molecule has 0 radical (unpaired) electrons. The van der Waals surface area contributed by atoms with Crippen molar-refractivity contribution in [1.29, 1.82) is 0 Å². The zero-order valence-corrected chi connectivity index (χ0v) is 8.58. The van der Waals surface area contributed by atoms with Crippen molar-refractivity contribution in [2.24, 2.45) is 17.8 Å². The van der Waals surface area contributed by atoms with E-state index in [1.165, 1.54) is 32.5 Å². The molecule has 2 bridgehead atoms. The van der Waals surface area contributed by atoms with Gasteiger partial charge in [-0.1, -0.05) is 6.92 Å². The number of nitrogens with zero attached hydrogens (tertiary/aromatic N) is 1. The Bertz CT molecular complexity index is 157. The number of likely N-dealkylation sites (tertiary alicyclic amines) is 1. The van der Waals surface area contributed by atoms with Crippen molar-refractivity contribution in [1.82, 2.24) is 4.90 Å². The minimum atomic E-state index is 0.393. The Kier molecular flexibility index (Phi) is 2.89. The van der Waals surface area contributed by atoms with Gasteiger partial charge < -0.3 is 10.0 Å². The fraction of sp³-hybridized carbons (Fsp3) is 1.00. The summed E-state index contributed by atoms with van der Waals surface area (Å²) in [6, 6.07) is 0. The molecule has 1 heterocycles. The van der Waals surface area contributed by atoms with Gasteiger partial charge in [0, 0.05) is 19.7 Å². The van der Waals surface area contributed by atoms with Crippen LogP contribution in [0.2, 0.25) is 0 Å². The highest BCUT2D eigenvalue weighted by atomic mass is 16.3. The first-order valence-electron chi connectivity index (χ1n) is 5.68. The molecule has 1 saturated carbocycles. The molecule has 0 aromatic carbocycles. The first-order chi connectivity index (χ1) is 6.35. The molecule has 2 nitrogen and oxygen atoms in total. The maximum absolute atomic E-state index is 8.99. The third-order valence-corrected chi connectivity index (χ3v) is 4.01. The van der Waals surface area contributed by atoms with Gasteiger partial charge >= 0.3 is 0 Å². The maximum atomic E-state index is 8.99. The molecule has 1 saturated heterocycles. The summed E-state index contributed by atoms with van der Waals surface area (Å²) in [4.78, 5) is 2.58. The van der Waals surface area contributed by atoms with Gasteiger partial charge in [0.1, 0.15) is 0 Å². The van der Waals surface area contributed by atoms with Gasteiger partial charge in [0.2, 0.25) is 0 Å². The second-order valence-electron chi connectivity index (χ2n) is 4.63. The van der Waals surface area contributed by atoms with Crippen molar-refractivity contribution in [3.8, 4) is 0 Å². The lowest BCUT2D eigenvalue weighted by molar-refractivity contribution is 0.0939. The van der Waals surface area contributed by atoms with E-state index in [0.717, 1.165) is 24.2 Å². The SMILES string of the molecule is CCN1CC2CCC(C1)C2CCO. The van der Waals surface area contributed by atoms with Crippen LogP contribution in [0.4, 0.5) is 0 Å². The summed E-state index contributed by atoms with van der Waals surface area (Å²) in [6.45, 7) is 6.43. The van der Waals surface area contributed by atoms with E-state index >= 15 is 0 Å². The minimum absolute atomic E-state index is 0.393. The molecule has 1 aliphatic carbocycles. The lowest BCUT2D eigenvalue weighted by Crippen LogP contribution is -2.41. The Morgan fingerprint density at radius 1 is 1.23 bits per heavy atom. The fourth-order valence-corrected chi connectivity index (χ4v) is 3.31. The second kappa shape index (κ2) is 3.97. The third kappa shape index (κ3) is 1.75. The molecule has 2 fully saturated rings. The molecule has 2 aliphatic rings. The van der Waals surface area contributed by atoms with Crippen molar-refractivity contribution in [2.45, 2.75) is 26.2 Å². The molecular formula is C11H21NO. The molecule has 2 rings (SSSR count). The Balaban J connectivity index is 1.96. The van der Waals surface area contributed by atoms with Crippen molar-refractivity contribution in [3.63, 3.8) is 0 Å². The molecule has 0 amide bonds.